The summed E-state index contributed by atoms with van der Waals surface area (Å²) in [7, 11) is 0. The van der Waals surface area contributed by atoms with Crippen LogP contribution in [-0.2, 0) is 11.3 Å². The van der Waals surface area contributed by atoms with Gasteiger partial charge in [-0.1, -0.05) is 53.7 Å². The van der Waals surface area contributed by atoms with Gasteiger partial charge in [-0.05, 0) is 29.8 Å². The molecule has 1 atom stereocenters. The third kappa shape index (κ3) is 5.25. The number of halogens is 1. The average molecular weight is 441 g/mol. The number of rotatable bonds is 8. The molecule has 4 aromatic rings. The summed E-state index contributed by atoms with van der Waals surface area (Å²) in [5, 5.41) is 16.1. The monoisotopic (exact) mass is 440 g/mol. The molecule has 2 heterocycles. The summed E-state index contributed by atoms with van der Waals surface area (Å²) < 4.78 is 7.31. The van der Waals surface area contributed by atoms with E-state index in [0.29, 0.717) is 22.7 Å². The lowest BCUT2D eigenvalue weighted by Gasteiger charge is -2.19. The Hall–Kier alpha value is -3.17. The standard InChI is InChI=1S/C20H17ClN6O2S/c21-16-8-6-15(7-9-16)19-25-26-20(29-19)30-11-18(28)24-17(10-27-13-22-12-23-27)14-4-2-1-3-5-14/h1-9,12-13,17H,10-11H2,(H,24,28). The second kappa shape index (κ2) is 9.55. The van der Waals surface area contributed by atoms with E-state index in [9.17, 15) is 4.79 Å². The molecule has 2 aromatic carbocycles. The van der Waals surface area contributed by atoms with Crippen LogP contribution in [0.5, 0.6) is 0 Å². The van der Waals surface area contributed by atoms with Crippen molar-refractivity contribution in [1.29, 1.82) is 0 Å². The molecule has 0 saturated heterocycles. The third-order valence-corrected chi connectivity index (χ3v) is 5.27. The zero-order valence-electron chi connectivity index (χ0n) is 15.7. The van der Waals surface area contributed by atoms with Gasteiger partial charge in [-0.15, -0.1) is 10.2 Å². The van der Waals surface area contributed by atoms with Crippen molar-refractivity contribution in [2.24, 2.45) is 0 Å². The minimum absolute atomic E-state index is 0.142. The summed E-state index contributed by atoms with van der Waals surface area (Å²) in [6.07, 6.45) is 3.08. The topological polar surface area (TPSA) is 98.7 Å². The second-order valence-electron chi connectivity index (χ2n) is 6.32. The minimum Gasteiger partial charge on any atom is -0.411 e. The van der Waals surface area contributed by atoms with E-state index in [1.807, 2.05) is 30.3 Å². The summed E-state index contributed by atoms with van der Waals surface area (Å²) in [5.41, 5.74) is 1.74. The van der Waals surface area contributed by atoms with Crippen LogP contribution in [0.3, 0.4) is 0 Å². The van der Waals surface area contributed by atoms with E-state index in [2.05, 4.69) is 25.6 Å². The largest absolute Gasteiger partial charge is 0.411 e. The third-order valence-electron chi connectivity index (χ3n) is 4.20. The van der Waals surface area contributed by atoms with Crippen molar-refractivity contribution in [2.75, 3.05) is 5.75 Å². The first-order valence-electron chi connectivity index (χ1n) is 9.06. The van der Waals surface area contributed by atoms with Crippen molar-refractivity contribution in [1.82, 2.24) is 30.3 Å². The zero-order chi connectivity index (χ0) is 20.8. The SMILES string of the molecule is O=C(CSc1nnc(-c2ccc(Cl)cc2)o1)NC(Cn1cncn1)c1ccccc1. The molecule has 0 bridgehead atoms. The highest BCUT2D eigenvalue weighted by Gasteiger charge is 2.17. The van der Waals surface area contributed by atoms with Gasteiger partial charge in [0.05, 0.1) is 18.3 Å². The van der Waals surface area contributed by atoms with Crippen molar-refractivity contribution in [3.05, 3.63) is 77.8 Å². The zero-order valence-corrected chi connectivity index (χ0v) is 17.3. The van der Waals surface area contributed by atoms with Crippen LogP contribution in [0.1, 0.15) is 11.6 Å². The highest BCUT2D eigenvalue weighted by Crippen LogP contribution is 2.24. The molecule has 0 spiro atoms. The number of thioether (sulfide) groups is 1. The molecule has 1 amide bonds. The molecular formula is C20H17ClN6O2S. The highest BCUT2D eigenvalue weighted by atomic mass is 35.5. The maximum atomic E-state index is 12.6. The summed E-state index contributed by atoms with van der Waals surface area (Å²) in [5.74, 6) is 0.367. The predicted molar refractivity (Wildman–Crippen MR) is 113 cm³/mol. The fraction of sp³-hybridized carbons (Fsp3) is 0.150. The van der Waals surface area contributed by atoms with E-state index in [4.69, 9.17) is 16.0 Å². The Labute approximate surface area is 181 Å². The van der Waals surface area contributed by atoms with Crippen molar-refractivity contribution in [2.45, 2.75) is 17.8 Å². The maximum absolute atomic E-state index is 12.6. The molecule has 4 rings (SSSR count). The van der Waals surface area contributed by atoms with Crippen LogP contribution in [-0.4, -0.2) is 36.6 Å². The minimum atomic E-state index is -0.242. The molecule has 2 aromatic heterocycles. The van der Waals surface area contributed by atoms with Gasteiger partial charge in [-0.3, -0.25) is 9.48 Å². The number of benzene rings is 2. The molecule has 0 aliphatic heterocycles. The molecule has 1 unspecified atom stereocenters. The molecule has 30 heavy (non-hydrogen) atoms. The lowest BCUT2D eigenvalue weighted by atomic mass is 10.1. The average Bonchev–Trinajstić information content (AvgIpc) is 3.45. The molecule has 1 N–H and O–H groups in total. The Kier molecular flexibility index (Phi) is 6.41. The highest BCUT2D eigenvalue weighted by molar-refractivity contribution is 7.99. The molecule has 0 radical (unpaired) electrons. The molecule has 0 aliphatic rings. The fourth-order valence-corrected chi connectivity index (χ4v) is 3.47. The molecule has 8 nitrogen and oxygen atoms in total. The van der Waals surface area contributed by atoms with Gasteiger partial charge in [0, 0.05) is 10.6 Å². The maximum Gasteiger partial charge on any atom is 0.277 e. The van der Waals surface area contributed by atoms with E-state index in [-0.39, 0.29) is 17.7 Å². The summed E-state index contributed by atoms with van der Waals surface area (Å²) in [6, 6.07) is 16.6. The first-order chi connectivity index (χ1) is 14.7. The number of carbonyl (C=O) groups is 1. The molecule has 152 valence electrons. The van der Waals surface area contributed by atoms with E-state index in [1.54, 1.807) is 35.3 Å². The summed E-state index contributed by atoms with van der Waals surface area (Å²) in [4.78, 5) is 16.5. The Morgan fingerprint density at radius 3 is 2.67 bits per heavy atom. The summed E-state index contributed by atoms with van der Waals surface area (Å²) in [6.45, 7) is 0.474. The number of amides is 1. The number of hydrogen-bond acceptors (Lipinski definition) is 7. The Balaban J connectivity index is 1.37. The van der Waals surface area contributed by atoms with E-state index >= 15 is 0 Å². The van der Waals surface area contributed by atoms with Gasteiger partial charge >= 0.3 is 0 Å². The van der Waals surface area contributed by atoms with Gasteiger partial charge in [-0.25, -0.2) is 4.98 Å². The van der Waals surface area contributed by atoms with Crippen LogP contribution in [0.15, 0.2) is 76.9 Å². The molecule has 10 heteroatoms. The van der Waals surface area contributed by atoms with Crippen LogP contribution in [0.2, 0.25) is 5.02 Å². The van der Waals surface area contributed by atoms with Crippen LogP contribution in [0.4, 0.5) is 0 Å². The fourth-order valence-electron chi connectivity index (χ4n) is 2.77. The van der Waals surface area contributed by atoms with Crippen LogP contribution in [0.25, 0.3) is 11.5 Å². The first kappa shape index (κ1) is 20.1. The van der Waals surface area contributed by atoms with Crippen molar-refractivity contribution < 1.29 is 9.21 Å². The van der Waals surface area contributed by atoms with Gasteiger partial charge in [0.2, 0.25) is 11.8 Å². The lowest BCUT2D eigenvalue weighted by Crippen LogP contribution is -2.32. The van der Waals surface area contributed by atoms with Crippen molar-refractivity contribution >= 4 is 29.3 Å². The van der Waals surface area contributed by atoms with Gasteiger partial charge in [-0.2, -0.15) is 5.10 Å². The summed E-state index contributed by atoms with van der Waals surface area (Å²) >= 11 is 7.07. The molecular weight excluding hydrogens is 424 g/mol. The molecule has 0 aliphatic carbocycles. The Morgan fingerprint density at radius 1 is 1.13 bits per heavy atom. The number of carbonyl (C=O) groups excluding carboxylic acids is 1. The van der Waals surface area contributed by atoms with Crippen molar-refractivity contribution in [3.8, 4) is 11.5 Å². The number of nitrogens with one attached hydrogen (secondary N) is 1. The van der Waals surface area contributed by atoms with Crippen LogP contribution in [0, 0.1) is 0 Å². The number of hydrogen-bond donors (Lipinski definition) is 1. The molecule has 0 saturated carbocycles. The Morgan fingerprint density at radius 2 is 1.93 bits per heavy atom. The normalized spacial score (nSPS) is 11.9. The van der Waals surface area contributed by atoms with E-state index in [1.165, 1.54) is 18.1 Å². The van der Waals surface area contributed by atoms with Gasteiger partial charge in [0.25, 0.3) is 5.22 Å². The quantitative estimate of drug-likeness (QED) is 0.417. The van der Waals surface area contributed by atoms with Crippen LogP contribution >= 0.6 is 23.4 Å². The number of nitrogens with zero attached hydrogens (tertiary/aromatic N) is 5. The lowest BCUT2D eigenvalue weighted by molar-refractivity contribution is -0.119. The number of aromatic nitrogens is 5. The van der Waals surface area contributed by atoms with E-state index < -0.39 is 0 Å². The Bertz CT molecular complexity index is 1090. The van der Waals surface area contributed by atoms with Gasteiger partial charge < -0.3 is 9.73 Å². The van der Waals surface area contributed by atoms with Gasteiger partial charge in [0.1, 0.15) is 12.7 Å². The first-order valence-corrected chi connectivity index (χ1v) is 10.4. The smallest absolute Gasteiger partial charge is 0.277 e. The van der Waals surface area contributed by atoms with Gasteiger partial charge in [0.15, 0.2) is 0 Å². The second-order valence-corrected chi connectivity index (χ2v) is 7.68. The molecule has 0 fully saturated rings. The van der Waals surface area contributed by atoms with Crippen molar-refractivity contribution in [3.63, 3.8) is 0 Å². The predicted octanol–water partition coefficient (Wildman–Crippen LogP) is 3.63. The van der Waals surface area contributed by atoms with E-state index in [0.717, 1.165) is 11.1 Å². The van der Waals surface area contributed by atoms with Crippen LogP contribution < -0.4 is 5.32 Å².